The van der Waals surface area contributed by atoms with Crippen molar-refractivity contribution in [2.24, 2.45) is 0 Å². The van der Waals surface area contributed by atoms with Crippen molar-refractivity contribution in [3.05, 3.63) is 47.9 Å². The van der Waals surface area contributed by atoms with Crippen LogP contribution in [0, 0.1) is 6.92 Å². The number of hydrogen-bond acceptors (Lipinski definition) is 5. The van der Waals surface area contributed by atoms with E-state index in [1.54, 1.807) is 19.4 Å². The third-order valence-electron chi connectivity index (χ3n) is 4.99. The van der Waals surface area contributed by atoms with Gasteiger partial charge in [0.2, 0.25) is 5.91 Å². The summed E-state index contributed by atoms with van der Waals surface area (Å²) in [7, 11) is 1.70. The van der Waals surface area contributed by atoms with Gasteiger partial charge in [0.05, 0.1) is 12.7 Å². The van der Waals surface area contributed by atoms with E-state index in [2.05, 4.69) is 5.16 Å². The molecule has 1 saturated heterocycles. The van der Waals surface area contributed by atoms with E-state index in [-0.39, 0.29) is 5.91 Å². The van der Waals surface area contributed by atoms with E-state index in [9.17, 15) is 4.79 Å². The molecule has 6 heteroatoms. The highest BCUT2D eigenvalue weighted by Gasteiger charge is 2.38. The minimum absolute atomic E-state index is 0.110. The lowest BCUT2D eigenvalue weighted by atomic mass is 9.93. The van der Waals surface area contributed by atoms with Crippen LogP contribution in [0.3, 0.4) is 0 Å². The molecule has 140 valence electrons. The van der Waals surface area contributed by atoms with Gasteiger partial charge in [-0.2, -0.15) is 0 Å². The predicted molar refractivity (Wildman–Crippen MR) is 97.1 cm³/mol. The summed E-state index contributed by atoms with van der Waals surface area (Å²) >= 11 is 0. The first-order chi connectivity index (χ1) is 12.6. The van der Waals surface area contributed by atoms with Crippen LogP contribution in [-0.4, -0.2) is 48.4 Å². The van der Waals surface area contributed by atoms with Crippen molar-refractivity contribution in [1.82, 2.24) is 10.1 Å². The van der Waals surface area contributed by atoms with Crippen LogP contribution in [0.5, 0.6) is 5.75 Å². The van der Waals surface area contributed by atoms with Crippen molar-refractivity contribution in [1.29, 1.82) is 0 Å². The zero-order valence-corrected chi connectivity index (χ0v) is 15.4. The summed E-state index contributed by atoms with van der Waals surface area (Å²) in [6.45, 7) is 3.75. The summed E-state index contributed by atoms with van der Waals surface area (Å²) in [5.74, 6) is 1.70. The van der Waals surface area contributed by atoms with E-state index in [4.69, 9.17) is 14.0 Å². The lowest BCUT2D eigenvalue weighted by Crippen LogP contribution is -2.54. The molecule has 0 radical (unpaired) electrons. The molecule has 3 rings (SSSR count). The number of aromatic nitrogens is 1. The van der Waals surface area contributed by atoms with Gasteiger partial charge in [-0.05, 0) is 31.4 Å². The van der Waals surface area contributed by atoms with Crippen LogP contribution in [0.15, 0.2) is 41.1 Å². The standard InChI is InChI=1S/C20H26N2O4/c1-16-6-3-4-7-18(16)25-15-20(24-2)11-5-13-22(14-20)19(23)9-8-17-10-12-21-26-17/h3-4,6-7,10,12H,5,8-9,11,13-15H2,1-2H3/t20-/m1/s1. The van der Waals surface area contributed by atoms with Crippen LogP contribution in [0.25, 0.3) is 0 Å². The van der Waals surface area contributed by atoms with Gasteiger partial charge in [-0.1, -0.05) is 23.4 Å². The first-order valence-electron chi connectivity index (χ1n) is 9.03. The zero-order chi connectivity index (χ0) is 18.4. The average molecular weight is 358 g/mol. The Hall–Kier alpha value is -2.34. The lowest BCUT2D eigenvalue weighted by Gasteiger charge is -2.41. The number of ether oxygens (including phenoxy) is 2. The summed E-state index contributed by atoms with van der Waals surface area (Å²) < 4.78 is 16.9. The summed E-state index contributed by atoms with van der Waals surface area (Å²) in [6.07, 6.45) is 4.35. The summed E-state index contributed by atoms with van der Waals surface area (Å²) in [4.78, 5) is 14.5. The minimum Gasteiger partial charge on any atom is -0.490 e. The second kappa shape index (κ2) is 8.36. The number of carbonyl (C=O) groups excluding carboxylic acids is 1. The van der Waals surface area contributed by atoms with Crippen molar-refractivity contribution in [3.8, 4) is 5.75 Å². The van der Waals surface area contributed by atoms with Gasteiger partial charge in [0.15, 0.2) is 0 Å². The topological polar surface area (TPSA) is 64.8 Å². The lowest BCUT2D eigenvalue weighted by molar-refractivity contribution is -0.143. The average Bonchev–Trinajstić information content (AvgIpc) is 3.19. The second-order valence-electron chi connectivity index (χ2n) is 6.84. The van der Waals surface area contributed by atoms with Crippen molar-refractivity contribution in [3.63, 3.8) is 0 Å². The van der Waals surface area contributed by atoms with Crippen LogP contribution < -0.4 is 4.74 Å². The first-order valence-corrected chi connectivity index (χ1v) is 9.03. The molecule has 0 aliphatic carbocycles. The Morgan fingerprint density at radius 1 is 1.35 bits per heavy atom. The van der Waals surface area contributed by atoms with Crippen molar-refractivity contribution >= 4 is 5.91 Å². The summed E-state index contributed by atoms with van der Waals surface area (Å²) in [5, 5.41) is 3.67. The molecule has 1 fully saturated rings. The van der Waals surface area contributed by atoms with E-state index >= 15 is 0 Å². The molecular weight excluding hydrogens is 332 g/mol. The Morgan fingerprint density at radius 2 is 2.19 bits per heavy atom. The van der Waals surface area contributed by atoms with Crippen LogP contribution in [0.2, 0.25) is 0 Å². The molecule has 1 aliphatic rings. The van der Waals surface area contributed by atoms with E-state index in [0.29, 0.717) is 26.0 Å². The maximum absolute atomic E-state index is 12.6. The van der Waals surface area contributed by atoms with Crippen molar-refractivity contribution in [2.45, 2.75) is 38.2 Å². The molecule has 1 atom stereocenters. The molecular formula is C20H26N2O4. The van der Waals surface area contributed by atoms with Crippen LogP contribution >= 0.6 is 0 Å². The Balaban J connectivity index is 1.58. The van der Waals surface area contributed by atoms with Gasteiger partial charge in [0, 0.05) is 32.6 Å². The van der Waals surface area contributed by atoms with E-state index in [1.165, 1.54) is 0 Å². The van der Waals surface area contributed by atoms with Gasteiger partial charge in [-0.25, -0.2) is 0 Å². The van der Waals surface area contributed by atoms with Gasteiger partial charge < -0.3 is 18.9 Å². The summed E-state index contributed by atoms with van der Waals surface area (Å²) in [6, 6.07) is 9.72. The molecule has 1 aromatic carbocycles. The van der Waals surface area contributed by atoms with Crippen molar-refractivity contribution < 1.29 is 18.8 Å². The summed E-state index contributed by atoms with van der Waals surface area (Å²) in [5.41, 5.74) is 0.622. The molecule has 0 saturated carbocycles. The Labute approximate surface area is 154 Å². The number of benzene rings is 1. The number of piperidine rings is 1. The SMILES string of the molecule is CO[C@]1(COc2ccccc2C)CCCN(C(=O)CCc2ccno2)C1. The van der Waals surface area contributed by atoms with Crippen LogP contribution in [-0.2, 0) is 16.0 Å². The normalized spacial score (nSPS) is 20.2. The molecule has 6 nitrogen and oxygen atoms in total. The number of likely N-dealkylation sites (tertiary alicyclic amines) is 1. The third-order valence-corrected chi connectivity index (χ3v) is 4.99. The zero-order valence-electron chi connectivity index (χ0n) is 15.4. The minimum atomic E-state index is -0.470. The number of hydrogen-bond donors (Lipinski definition) is 0. The molecule has 0 bridgehead atoms. The number of carbonyl (C=O) groups is 1. The fraction of sp³-hybridized carbons (Fsp3) is 0.500. The number of methoxy groups -OCH3 is 1. The maximum atomic E-state index is 12.6. The highest BCUT2D eigenvalue weighted by molar-refractivity contribution is 5.76. The maximum Gasteiger partial charge on any atom is 0.223 e. The molecule has 1 aromatic heterocycles. The van der Waals surface area contributed by atoms with Gasteiger partial charge in [0.1, 0.15) is 23.7 Å². The van der Waals surface area contributed by atoms with Crippen LogP contribution in [0.4, 0.5) is 0 Å². The number of amides is 1. The fourth-order valence-electron chi connectivity index (χ4n) is 3.34. The van der Waals surface area contributed by atoms with Gasteiger partial charge in [-0.3, -0.25) is 4.79 Å². The third kappa shape index (κ3) is 4.43. The quantitative estimate of drug-likeness (QED) is 0.761. The molecule has 0 N–H and O–H groups in total. The molecule has 2 heterocycles. The van der Waals surface area contributed by atoms with E-state index in [0.717, 1.165) is 36.5 Å². The second-order valence-corrected chi connectivity index (χ2v) is 6.84. The highest BCUT2D eigenvalue weighted by Crippen LogP contribution is 2.27. The Bertz CT molecular complexity index is 716. The highest BCUT2D eigenvalue weighted by atomic mass is 16.5. The van der Waals surface area contributed by atoms with Crippen LogP contribution in [0.1, 0.15) is 30.6 Å². The van der Waals surface area contributed by atoms with E-state index in [1.807, 2.05) is 36.1 Å². The number of rotatable bonds is 7. The monoisotopic (exact) mass is 358 g/mol. The van der Waals surface area contributed by atoms with Gasteiger partial charge in [-0.15, -0.1) is 0 Å². The fourth-order valence-corrected chi connectivity index (χ4v) is 3.34. The largest absolute Gasteiger partial charge is 0.490 e. The molecule has 26 heavy (non-hydrogen) atoms. The molecule has 1 amide bonds. The Kier molecular flexibility index (Phi) is 5.93. The molecule has 0 unspecified atom stereocenters. The van der Waals surface area contributed by atoms with Crippen molar-refractivity contribution in [2.75, 3.05) is 26.8 Å². The Morgan fingerprint density at radius 3 is 2.92 bits per heavy atom. The number of nitrogens with zero attached hydrogens (tertiary/aromatic N) is 2. The van der Waals surface area contributed by atoms with E-state index < -0.39 is 5.60 Å². The van der Waals surface area contributed by atoms with Gasteiger partial charge in [0.25, 0.3) is 0 Å². The molecule has 0 spiro atoms. The number of aryl methyl sites for hydroxylation is 2. The number of para-hydroxylation sites is 1. The predicted octanol–water partition coefficient (Wildman–Crippen LogP) is 3.00. The van der Waals surface area contributed by atoms with Gasteiger partial charge >= 0.3 is 0 Å². The smallest absolute Gasteiger partial charge is 0.223 e. The molecule has 1 aliphatic heterocycles. The first kappa shape index (κ1) is 18.5. The molecule has 2 aromatic rings.